The van der Waals surface area contributed by atoms with Crippen LogP contribution in [0.5, 0.6) is 11.5 Å². The van der Waals surface area contributed by atoms with Crippen LogP contribution in [0.3, 0.4) is 0 Å². The number of benzene rings is 2. The summed E-state index contributed by atoms with van der Waals surface area (Å²) in [6, 6.07) is 16.9. The van der Waals surface area contributed by atoms with Crippen molar-refractivity contribution in [3.8, 4) is 11.5 Å². The molecule has 1 unspecified atom stereocenters. The maximum absolute atomic E-state index is 5.32. The summed E-state index contributed by atoms with van der Waals surface area (Å²) in [6.07, 6.45) is 2.15. The van der Waals surface area contributed by atoms with E-state index in [2.05, 4.69) is 42.6 Å². The fourth-order valence-electron chi connectivity index (χ4n) is 2.31. The van der Waals surface area contributed by atoms with Gasteiger partial charge in [-0.25, -0.2) is 0 Å². The van der Waals surface area contributed by atoms with Gasteiger partial charge >= 0.3 is 0 Å². The Bertz CT molecular complexity index is 554. The predicted molar refractivity (Wildman–Crippen MR) is 87.4 cm³/mol. The third-order valence-corrected chi connectivity index (χ3v) is 3.51. The first-order valence-corrected chi connectivity index (χ1v) is 7.25. The van der Waals surface area contributed by atoms with E-state index in [1.165, 1.54) is 5.56 Å². The molecule has 0 aromatic heterocycles. The van der Waals surface area contributed by atoms with Crippen LogP contribution in [0.25, 0.3) is 0 Å². The van der Waals surface area contributed by atoms with Gasteiger partial charge in [-0.05, 0) is 37.5 Å². The lowest BCUT2D eigenvalue weighted by atomic mass is 10.1. The van der Waals surface area contributed by atoms with Crippen LogP contribution in [0.2, 0.25) is 0 Å². The van der Waals surface area contributed by atoms with Crippen molar-refractivity contribution in [3.05, 3.63) is 54.1 Å². The number of nitrogens with one attached hydrogen (secondary N) is 1. The van der Waals surface area contributed by atoms with Gasteiger partial charge in [-0.15, -0.1) is 0 Å². The molecule has 2 aromatic carbocycles. The molecule has 2 aromatic rings. The Hall–Kier alpha value is -2.16. The molecule has 112 valence electrons. The summed E-state index contributed by atoms with van der Waals surface area (Å²) >= 11 is 0. The number of aryl methyl sites for hydroxylation is 1. The summed E-state index contributed by atoms with van der Waals surface area (Å²) in [6.45, 7) is 2.19. The molecule has 0 radical (unpaired) electrons. The first-order chi connectivity index (χ1) is 10.2. The van der Waals surface area contributed by atoms with Gasteiger partial charge in [0.25, 0.3) is 0 Å². The zero-order valence-electron chi connectivity index (χ0n) is 12.9. The van der Waals surface area contributed by atoms with Gasteiger partial charge in [0.1, 0.15) is 0 Å². The van der Waals surface area contributed by atoms with Crippen molar-refractivity contribution < 1.29 is 9.47 Å². The SMILES string of the molecule is COc1ccc(NC(C)CCc2ccccc2)cc1OC. The quantitative estimate of drug-likeness (QED) is 0.829. The van der Waals surface area contributed by atoms with Crippen molar-refractivity contribution in [1.82, 2.24) is 0 Å². The highest BCUT2D eigenvalue weighted by molar-refractivity contribution is 5.55. The van der Waals surface area contributed by atoms with Crippen LogP contribution in [-0.4, -0.2) is 20.3 Å². The van der Waals surface area contributed by atoms with Crippen LogP contribution >= 0.6 is 0 Å². The summed E-state index contributed by atoms with van der Waals surface area (Å²) in [7, 11) is 3.30. The minimum absolute atomic E-state index is 0.392. The van der Waals surface area contributed by atoms with Crippen LogP contribution in [0, 0.1) is 0 Å². The van der Waals surface area contributed by atoms with Crippen molar-refractivity contribution in [2.24, 2.45) is 0 Å². The van der Waals surface area contributed by atoms with E-state index in [0.29, 0.717) is 6.04 Å². The fourth-order valence-corrected chi connectivity index (χ4v) is 2.31. The summed E-state index contributed by atoms with van der Waals surface area (Å²) < 4.78 is 10.6. The molecule has 0 aliphatic carbocycles. The van der Waals surface area contributed by atoms with Crippen molar-refractivity contribution in [1.29, 1.82) is 0 Å². The fraction of sp³-hybridized carbons (Fsp3) is 0.333. The minimum Gasteiger partial charge on any atom is -0.493 e. The molecule has 0 spiro atoms. The molecule has 0 amide bonds. The molecule has 1 N–H and O–H groups in total. The molecule has 1 atom stereocenters. The van der Waals surface area contributed by atoms with Gasteiger partial charge in [0.2, 0.25) is 0 Å². The Kier molecular flexibility index (Phi) is 5.50. The number of rotatable bonds is 7. The lowest BCUT2D eigenvalue weighted by Crippen LogP contribution is -2.16. The number of hydrogen-bond donors (Lipinski definition) is 1. The van der Waals surface area contributed by atoms with Crippen molar-refractivity contribution in [2.75, 3.05) is 19.5 Å². The largest absolute Gasteiger partial charge is 0.493 e. The molecule has 0 saturated carbocycles. The summed E-state index contributed by atoms with van der Waals surface area (Å²) in [5.74, 6) is 1.50. The highest BCUT2D eigenvalue weighted by atomic mass is 16.5. The van der Waals surface area contributed by atoms with Crippen LogP contribution < -0.4 is 14.8 Å². The predicted octanol–water partition coefficient (Wildman–Crippen LogP) is 4.14. The lowest BCUT2D eigenvalue weighted by Gasteiger charge is -2.17. The minimum atomic E-state index is 0.392. The van der Waals surface area contributed by atoms with E-state index in [1.807, 2.05) is 18.2 Å². The highest BCUT2D eigenvalue weighted by Gasteiger charge is 2.07. The summed E-state index contributed by atoms with van der Waals surface area (Å²) in [5, 5.41) is 3.50. The molecular formula is C18H23NO2. The Balaban J connectivity index is 1.91. The Morgan fingerprint density at radius 3 is 2.33 bits per heavy atom. The zero-order valence-corrected chi connectivity index (χ0v) is 12.9. The third-order valence-electron chi connectivity index (χ3n) is 3.51. The maximum atomic E-state index is 5.32. The van der Waals surface area contributed by atoms with Crippen LogP contribution in [0.1, 0.15) is 18.9 Å². The van der Waals surface area contributed by atoms with E-state index in [4.69, 9.17) is 9.47 Å². The monoisotopic (exact) mass is 285 g/mol. The van der Waals surface area contributed by atoms with Crippen LogP contribution in [0.15, 0.2) is 48.5 Å². The molecule has 0 fully saturated rings. The van der Waals surface area contributed by atoms with E-state index in [9.17, 15) is 0 Å². The molecule has 3 heteroatoms. The Morgan fingerprint density at radius 2 is 1.67 bits per heavy atom. The Morgan fingerprint density at radius 1 is 0.952 bits per heavy atom. The van der Waals surface area contributed by atoms with Crippen LogP contribution in [-0.2, 0) is 6.42 Å². The molecule has 3 nitrogen and oxygen atoms in total. The standard InChI is InChI=1S/C18H23NO2/c1-14(9-10-15-7-5-4-6-8-15)19-16-11-12-17(20-2)18(13-16)21-3/h4-8,11-14,19H,9-10H2,1-3H3. The van der Waals surface area contributed by atoms with E-state index in [1.54, 1.807) is 14.2 Å². The second kappa shape index (κ2) is 7.58. The maximum Gasteiger partial charge on any atom is 0.162 e. The lowest BCUT2D eigenvalue weighted by molar-refractivity contribution is 0.355. The first-order valence-electron chi connectivity index (χ1n) is 7.25. The number of ether oxygens (including phenoxy) is 2. The summed E-state index contributed by atoms with van der Waals surface area (Å²) in [5.41, 5.74) is 2.42. The normalized spacial score (nSPS) is 11.8. The molecule has 0 aliphatic heterocycles. The number of anilines is 1. The highest BCUT2D eigenvalue weighted by Crippen LogP contribution is 2.30. The molecular weight excluding hydrogens is 262 g/mol. The number of hydrogen-bond acceptors (Lipinski definition) is 3. The first kappa shape index (κ1) is 15.2. The second-order valence-corrected chi connectivity index (χ2v) is 5.14. The van der Waals surface area contributed by atoms with Gasteiger partial charge in [-0.1, -0.05) is 30.3 Å². The average molecular weight is 285 g/mol. The third kappa shape index (κ3) is 4.42. The molecule has 0 aliphatic rings. The van der Waals surface area contributed by atoms with Gasteiger partial charge < -0.3 is 14.8 Å². The molecule has 0 heterocycles. The van der Waals surface area contributed by atoms with Gasteiger partial charge in [0.15, 0.2) is 11.5 Å². The van der Waals surface area contributed by atoms with Gasteiger partial charge in [0, 0.05) is 17.8 Å². The van der Waals surface area contributed by atoms with Crippen molar-refractivity contribution in [2.45, 2.75) is 25.8 Å². The van der Waals surface area contributed by atoms with E-state index >= 15 is 0 Å². The zero-order chi connectivity index (χ0) is 15.1. The molecule has 2 rings (SSSR count). The molecule has 21 heavy (non-hydrogen) atoms. The van der Waals surface area contributed by atoms with Crippen molar-refractivity contribution >= 4 is 5.69 Å². The Labute approximate surface area is 126 Å². The molecule has 0 bridgehead atoms. The second-order valence-electron chi connectivity index (χ2n) is 5.14. The smallest absolute Gasteiger partial charge is 0.162 e. The van der Waals surface area contributed by atoms with Gasteiger partial charge in [-0.2, -0.15) is 0 Å². The van der Waals surface area contributed by atoms with Gasteiger partial charge in [0.05, 0.1) is 14.2 Å². The van der Waals surface area contributed by atoms with E-state index < -0.39 is 0 Å². The molecule has 0 saturated heterocycles. The summed E-state index contributed by atoms with van der Waals surface area (Å²) in [4.78, 5) is 0. The van der Waals surface area contributed by atoms with E-state index in [-0.39, 0.29) is 0 Å². The van der Waals surface area contributed by atoms with Gasteiger partial charge in [-0.3, -0.25) is 0 Å². The van der Waals surface area contributed by atoms with Crippen molar-refractivity contribution in [3.63, 3.8) is 0 Å². The van der Waals surface area contributed by atoms with Crippen LogP contribution in [0.4, 0.5) is 5.69 Å². The average Bonchev–Trinajstić information content (AvgIpc) is 2.53. The van der Waals surface area contributed by atoms with E-state index in [0.717, 1.165) is 30.0 Å². The topological polar surface area (TPSA) is 30.5 Å². The number of methoxy groups -OCH3 is 2.